The van der Waals surface area contributed by atoms with Crippen molar-refractivity contribution in [2.75, 3.05) is 5.32 Å². The van der Waals surface area contributed by atoms with Crippen molar-refractivity contribution in [3.8, 4) is 11.1 Å². The van der Waals surface area contributed by atoms with Gasteiger partial charge in [-0.2, -0.15) is 0 Å². The lowest BCUT2D eigenvalue weighted by Crippen LogP contribution is -2.25. The molecular formula is C24H20ClNO3. The summed E-state index contributed by atoms with van der Waals surface area (Å²) in [5.74, 6) is -0.647. The second-order valence-corrected chi connectivity index (χ2v) is 7.36. The zero-order chi connectivity index (χ0) is 20.4. The van der Waals surface area contributed by atoms with Crippen molar-refractivity contribution in [2.45, 2.75) is 19.1 Å². The lowest BCUT2D eigenvalue weighted by atomic mass is 9.98. The van der Waals surface area contributed by atoms with Gasteiger partial charge in [-0.15, -0.1) is 0 Å². The van der Waals surface area contributed by atoms with Gasteiger partial charge in [-0.3, -0.25) is 0 Å². The number of anilines is 1. The zero-order valence-electron chi connectivity index (χ0n) is 15.8. The summed E-state index contributed by atoms with van der Waals surface area (Å²) >= 11 is 6.17. The molecule has 0 bridgehead atoms. The lowest BCUT2D eigenvalue weighted by Gasteiger charge is -2.22. The average molecular weight is 406 g/mol. The second kappa shape index (κ2) is 8.11. The molecular weight excluding hydrogens is 386 g/mol. The number of ether oxygens (including phenoxy) is 1. The monoisotopic (exact) mass is 405 g/mol. The third-order valence-corrected chi connectivity index (χ3v) is 5.27. The maximum absolute atomic E-state index is 12.1. The van der Waals surface area contributed by atoms with E-state index < -0.39 is 18.2 Å². The Morgan fingerprint density at radius 1 is 0.931 bits per heavy atom. The normalized spacial score (nSPS) is 17.2. The number of aliphatic hydroxyl groups excluding tert-OH is 1. The molecule has 1 aliphatic heterocycles. The van der Waals surface area contributed by atoms with Crippen LogP contribution < -0.4 is 5.32 Å². The summed E-state index contributed by atoms with van der Waals surface area (Å²) in [6.07, 6.45) is -1.95. The van der Waals surface area contributed by atoms with Crippen LogP contribution in [0.4, 0.5) is 5.69 Å². The quantitative estimate of drug-likeness (QED) is 0.574. The highest BCUT2D eigenvalue weighted by Gasteiger charge is 2.39. The van der Waals surface area contributed by atoms with E-state index in [2.05, 4.69) is 5.32 Å². The van der Waals surface area contributed by atoms with Crippen molar-refractivity contribution in [1.29, 1.82) is 0 Å². The Morgan fingerprint density at radius 3 is 2.21 bits per heavy atom. The van der Waals surface area contributed by atoms with Crippen LogP contribution >= 0.6 is 11.6 Å². The van der Waals surface area contributed by atoms with Gasteiger partial charge >= 0.3 is 5.97 Å². The van der Waals surface area contributed by atoms with Crippen molar-refractivity contribution >= 4 is 23.3 Å². The summed E-state index contributed by atoms with van der Waals surface area (Å²) in [4.78, 5) is 12.1. The first-order chi connectivity index (χ1) is 14.0. The molecule has 1 aliphatic rings. The Bertz CT molecular complexity index is 1040. The minimum Gasteiger partial charge on any atom is -0.448 e. The highest BCUT2D eigenvalue weighted by molar-refractivity contribution is 6.42. The number of aliphatic hydroxyl groups is 1. The van der Waals surface area contributed by atoms with Gasteiger partial charge in [-0.25, -0.2) is 4.79 Å². The Kier molecular flexibility index (Phi) is 5.38. The minimum absolute atomic E-state index is 0.0458. The average Bonchev–Trinajstić information content (AvgIpc) is 3.04. The van der Waals surface area contributed by atoms with Crippen LogP contribution in [0.25, 0.3) is 11.1 Å². The number of esters is 1. The van der Waals surface area contributed by atoms with E-state index in [4.69, 9.17) is 16.3 Å². The second-order valence-electron chi connectivity index (χ2n) is 6.98. The van der Waals surface area contributed by atoms with Gasteiger partial charge in [0.1, 0.15) is 11.1 Å². The first kappa shape index (κ1) is 19.2. The van der Waals surface area contributed by atoms with E-state index in [0.717, 1.165) is 22.4 Å². The van der Waals surface area contributed by atoms with E-state index >= 15 is 0 Å². The van der Waals surface area contributed by atoms with Gasteiger partial charge in [-0.1, -0.05) is 83.9 Å². The fourth-order valence-corrected chi connectivity index (χ4v) is 3.48. The third kappa shape index (κ3) is 4.04. The van der Waals surface area contributed by atoms with Gasteiger partial charge in [0.25, 0.3) is 0 Å². The fraction of sp³-hybridized carbons (Fsp3) is 0.125. The lowest BCUT2D eigenvalue weighted by molar-refractivity contribution is -0.143. The predicted molar refractivity (Wildman–Crippen MR) is 114 cm³/mol. The molecule has 4 rings (SSSR count). The molecule has 3 aromatic carbocycles. The molecule has 0 aliphatic carbocycles. The van der Waals surface area contributed by atoms with Crippen molar-refractivity contribution < 1.29 is 14.6 Å². The number of benzene rings is 3. The number of nitrogens with one attached hydrogen (secondary N) is 1. The van der Waals surface area contributed by atoms with Crippen LogP contribution in [0.3, 0.4) is 0 Å². The first-order valence-electron chi connectivity index (χ1n) is 9.31. The van der Waals surface area contributed by atoms with E-state index in [1.807, 2.05) is 85.8 Å². The highest BCUT2D eigenvalue weighted by atomic mass is 35.5. The van der Waals surface area contributed by atoms with Crippen LogP contribution in [0.1, 0.15) is 17.2 Å². The van der Waals surface area contributed by atoms with Crippen molar-refractivity contribution in [3.05, 3.63) is 101 Å². The van der Waals surface area contributed by atoms with Gasteiger partial charge in [-0.05, 0) is 35.7 Å². The Hall–Kier alpha value is -3.08. The number of rotatable bonds is 5. The third-order valence-electron chi connectivity index (χ3n) is 4.91. The molecule has 0 aromatic heterocycles. The molecule has 0 spiro atoms. The first-order valence-corrected chi connectivity index (χ1v) is 9.68. The van der Waals surface area contributed by atoms with E-state index in [1.165, 1.54) is 0 Å². The van der Waals surface area contributed by atoms with E-state index in [9.17, 15) is 9.90 Å². The number of aryl methyl sites for hydroxylation is 1. The SMILES string of the molecule is Cc1ccc(NC2=C(Cl)C(=O)O[C@H]2[C@H](O)c2ccc(-c3ccccc3)cc2)cc1. The summed E-state index contributed by atoms with van der Waals surface area (Å²) in [5.41, 5.74) is 5.00. The highest BCUT2D eigenvalue weighted by Crippen LogP contribution is 2.35. The summed E-state index contributed by atoms with van der Waals surface area (Å²) in [6.45, 7) is 1.99. The van der Waals surface area contributed by atoms with Crippen molar-refractivity contribution in [2.24, 2.45) is 0 Å². The minimum atomic E-state index is -1.05. The predicted octanol–water partition coefficient (Wildman–Crippen LogP) is 5.18. The van der Waals surface area contributed by atoms with E-state index in [0.29, 0.717) is 11.3 Å². The molecule has 1 heterocycles. The van der Waals surface area contributed by atoms with Crippen LogP contribution in [0.2, 0.25) is 0 Å². The molecule has 5 heteroatoms. The standard InChI is InChI=1S/C24H20ClNO3/c1-15-7-13-19(14-8-15)26-21-20(25)24(28)29-23(21)22(27)18-11-9-17(10-12-18)16-5-3-2-4-6-16/h2-14,22-23,26-27H,1H3/t22-,23-/m1/s1. The van der Waals surface area contributed by atoms with Gasteiger partial charge in [0, 0.05) is 5.69 Å². The van der Waals surface area contributed by atoms with Crippen LogP contribution in [-0.2, 0) is 9.53 Å². The van der Waals surface area contributed by atoms with Gasteiger partial charge < -0.3 is 15.2 Å². The maximum atomic E-state index is 12.1. The topological polar surface area (TPSA) is 58.6 Å². The molecule has 0 saturated carbocycles. The molecule has 0 saturated heterocycles. The Morgan fingerprint density at radius 2 is 1.55 bits per heavy atom. The van der Waals surface area contributed by atoms with Crippen molar-refractivity contribution in [1.82, 2.24) is 0 Å². The molecule has 2 N–H and O–H groups in total. The molecule has 29 heavy (non-hydrogen) atoms. The molecule has 2 atom stereocenters. The summed E-state index contributed by atoms with van der Waals surface area (Å²) in [7, 11) is 0. The molecule has 0 fully saturated rings. The number of carbonyl (C=O) groups is 1. The smallest absolute Gasteiger partial charge is 0.352 e. The number of halogens is 1. The van der Waals surface area contributed by atoms with Crippen molar-refractivity contribution in [3.63, 3.8) is 0 Å². The molecule has 146 valence electrons. The maximum Gasteiger partial charge on any atom is 0.352 e. The summed E-state index contributed by atoms with van der Waals surface area (Å²) < 4.78 is 5.36. The number of cyclic esters (lactones) is 1. The largest absolute Gasteiger partial charge is 0.448 e. The summed E-state index contributed by atoms with van der Waals surface area (Å²) in [6, 6.07) is 25.2. The van der Waals surface area contributed by atoms with Gasteiger partial charge in [0.15, 0.2) is 6.10 Å². The van der Waals surface area contributed by atoms with Gasteiger partial charge in [0.05, 0.1) is 5.70 Å². The Labute approximate surface area is 174 Å². The Balaban J connectivity index is 1.57. The zero-order valence-corrected chi connectivity index (χ0v) is 16.6. The van der Waals surface area contributed by atoms with Gasteiger partial charge in [0.2, 0.25) is 0 Å². The van der Waals surface area contributed by atoms with Crippen LogP contribution in [-0.4, -0.2) is 17.2 Å². The van der Waals surface area contributed by atoms with Crippen LogP contribution in [0.5, 0.6) is 0 Å². The molecule has 4 nitrogen and oxygen atoms in total. The fourth-order valence-electron chi connectivity index (χ4n) is 3.28. The number of hydrogen-bond acceptors (Lipinski definition) is 4. The van der Waals surface area contributed by atoms with E-state index in [-0.39, 0.29) is 5.03 Å². The summed E-state index contributed by atoms with van der Waals surface area (Å²) in [5, 5.41) is 14.0. The van der Waals surface area contributed by atoms with E-state index in [1.54, 1.807) is 0 Å². The van der Waals surface area contributed by atoms with Crippen LogP contribution in [0, 0.1) is 6.92 Å². The number of hydrogen-bond donors (Lipinski definition) is 2. The molecule has 0 unspecified atom stereocenters. The molecule has 0 radical (unpaired) electrons. The molecule has 0 amide bonds. The number of carbonyl (C=O) groups excluding carboxylic acids is 1. The van der Waals surface area contributed by atoms with Crippen LogP contribution in [0.15, 0.2) is 89.6 Å². The molecule has 3 aromatic rings.